The number of nitrogens with zero attached hydrogens (tertiary/aromatic N) is 4. The molecule has 1 saturated heterocycles. The molecule has 1 aliphatic rings. The number of benzene rings is 1. The van der Waals surface area contributed by atoms with Gasteiger partial charge >= 0.3 is 0 Å². The van der Waals surface area contributed by atoms with Crippen molar-refractivity contribution in [3.63, 3.8) is 0 Å². The minimum atomic E-state index is 0.139. The van der Waals surface area contributed by atoms with Crippen LogP contribution < -0.4 is 5.73 Å². The lowest BCUT2D eigenvalue weighted by Gasteiger charge is -2.13. The molecule has 1 atom stereocenters. The number of imidazole rings is 1. The summed E-state index contributed by atoms with van der Waals surface area (Å²) in [4.78, 5) is 26.2. The van der Waals surface area contributed by atoms with Gasteiger partial charge in [-0.1, -0.05) is 6.07 Å². The number of nitrogens with one attached hydrogen (secondary N) is 2. The third-order valence-electron chi connectivity index (χ3n) is 5.53. The normalized spacial score (nSPS) is 17.0. The first kappa shape index (κ1) is 16.7. The van der Waals surface area contributed by atoms with Crippen molar-refractivity contribution in [2.45, 2.75) is 19.8 Å². The Kier molecular flexibility index (Phi) is 3.78. The van der Waals surface area contributed by atoms with Crippen molar-refractivity contribution in [3.8, 4) is 11.3 Å². The number of aromatic amines is 2. The number of nitrogens with two attached hydrogens (primary N) is 1. The van der Waals surface area contributed by atoms with Crippen molar-refractivity contribution in [1.82, 2.24) is 30.0 Å². The van der Waals surface area contributed by atoms with Gasteiger partial charge in [0, 0.05) is 43.6 Å². The quantitative estimate of drug-likeness (QED) is 0.509. The molecule has 1 aliphatic heterocycles. The van der Waals surface area contributed by atoms with E-state index in [2.05, 4.69) is 20.2 Å². The Balaban J connectivity index is 1.51. The average Bonchev–Trinajstić information content (AvgIpc) is 3.42. The van der Waals surface area contributed by atoms with Gasteiger partial charge in [-0.05, 0) is 30.5 Å². The van der Waals surface area contributed by atoms with Crippen LogP contribution in [0.2, 0.25) is 0 Å². The van der Waals surface area contributed by atoms with E-state index in [-0.39, 0.29) is 5.91 Å². The highest BCUT2D eigenvalue weighted by Crippen LogP contribution is 2.30. The van der Waals surface area contributed by atoms with Crippen LogP contribution in [0.25, 0.3) is 33.2 Å². The maximum Gasteiger partial charge on any atom is 0.219 e. The number of aromatic nitrogens is 5. The average molecular weight is 375 g/mol. The number of H-pyrrole nitrogens is 2. The number of likely N-dealkylation sites (tertiary alicyclic amines) is 1. The fraction of sp³-hybridized carbons (Fsp3) is 0.300. The molecule has 4 N–H and O–H groups in total. The second-order valence-electron chi connectivity index (χ2n) is 7.43. The maximum atomic E-state index is 11.6. The molecule has 8 nitrogen and oxygen atoms in total. The predicted molar refractivity (Wildman–Crippen MR) is 107 cm³/mol. The molecule has 0 saturated carbocycles. The van der Waals surface area contributed by atoms with E-state index >= 15 is 0 Å². The molecular formula is C20H21N7O. The molecule has 3 aromatic heterocycles. The molecule has 0 radical (unpaired) electrons. The van der Waals surface area contributed by atoms with Crippen LogP contribution in [0.5, 0.6) is 0 Å². The number of anilines is 1. The lowest BCUT2D eigenvalue weighted by atomic mass is 10.1. The summed E-state index contributed by atoms with van der Waals surface area (Å²) in [5.41, 5.74) is 10.6. The summed E-state index contributed by atoms with van der Waals surface area (Å²) in [5.74, 6) is 1.89. The van der Waals surface area contributed by atoms with Crippen molar-refractivity contribution < 1.29 is 4.79 Å². The number of pyridine rings is 1. The molecular weight excluding hydrogens is 354 g/mol. The number of amides is 1. The fourth-order valence-corrected chi connectivity index (χ4v) is 4.05. The standard InChI is InChI=1S/C20H21N7O/c1-11(28)27-7-5-12(10-27)8-17-24-18-14-3-2-13(15-4-6-22-26-15)9-16(14)23-20(21)19(18)25-17/h2-4,6,9,12H,5,7-8,10H2,1H3,(H2,21,23)(H,22,26)(H,24,25). The summed E-state index contributed by atoms with van der Waals surface area (Å²) in [6.07, 6.45) is 3.52. The molecule has 1 unspecified atom stereocenters. The Hall–Kier alpha value is -3.42. The summed E-state index contributed by atoms with van der Waals surface area (Å²) in [6.45, 7) is 3.23. The van der Waals surface area contributed by atoms with E-state index in [9.17, 15) is 4.79 Å². The van der Waals surface area contributed by atoms with Crippen molar-refractivity contribution in [3.05, 3.63) is 36.3 Å². The number of hydrogen-bond acceptors (Lipinski definition) is 5. The Morgan fingerprint density at radius 2 is 2.21 bits per heavy atom. The van der Waals surface area contributed by atoms with Crippen molar-refractivity contribution in [2.24, 2.45) is 5.92 Å². The molecule has 5 rings (SSSR count). The van der Waals surface area contributed by atoms with Crippen molar-refractivity contribution in [2.75, 3.05) is 18.8 Å². The SMILES string of the molecule is CC(=O)N1CCC(Cc2nc3c([nH]2)c(N)nc2cc(-c4ccn[nH]4)ccc23)C1. The Labute approximate surface area is 161 Å². The van der Waals surface area contributed by atoms with Crippen molar-refractivity contribution in [1.29, 1.82) is 0 Å². The monoisotopic (exact) mass is 375 g/mol. The lowest BCUT2D eigenvalue weighted by molar-refractivity contribution is -0.127. The van der Waals surface area contributed by atoms with Gasteiger partial charge in [0.1, 0.15) is 22.7 Å². The van der Waals surface area contributed by atoms with E-state index in [1.165, 1.54) is 0 Å². The van der Waals surface area contributed by atoms with Crippen LogP contribution in [0.4, 0.5) is 5.82 Å². The van der Waals surface area contributed by atoms with Gasteiger partial charge in [-0.25, -0.2) is 9.97 Å². The van der Waals surface area contributed by atoms with Crippen molar-refractivity contribution >= 4 is 33.7 Å². The van der Waals surface area contributed by atoms with Gasteiger partial charge in [0.15, 0.2) is 0 Å². The second-order valence-corrected chi connectivity index (χ2v) is 7.43. The van der Waals surface area contributed by atoms with Gasteiger partial charge in [-0.2, -0.15) is 5.10 Å². The zero-order valence-corrected chi connectivity index (χ0v) is 15.6. The number of hydrogen-bond donors (Lipinski definition) is 3. The second kappa shape index (κ2) is 6.33. The van der Waals surface area contributed by atoms with Crippen LogP contribution in [0, 0.1) is 5.92 Å². The largest absolute Gasteiger partial charge is 0.382 e. The van der Waals surface area contributed by atoms with Gasteiger partial charge in [-0.3, -0.25) is 9.89 Å². The highest BCUT2D eigenvalue weighted by atomic mass is 16.2. The minimum Gasteiger partial charge on any atom is -0.382 e. The molecule has 1 amide bonds. The Bertz CT molecular complexity index is 1180. The molecule has 28 heavy (non-hydrogen) atoms. The van der Waals surface area contributed by atoms with Crippen LogP contribution in [-0.4, -0.2) is 49.0 Å². The van der Waals surface area contributed by atoms with Crippen LogP contribution in [0.1, 0.15) is 19.2 Å². The zero-order chi connectivity index (χ0) is 19.3. The van der Waals surface area contributed by atoms with Crippen LogP contribution in [0.15, 0.2) is 30.5 Å². The first-order chi connectivity index (χ1) is 13.6. The van der Waals surface area contributed by atoms with E-state index in [1.54, 1.807) is 13.1 Å². The zero-order valence-electron chi connectivity index (χ0n) is 15.6. The van der Waals surface area contributed by atoms with E-state index in [1.807, 2.05) is 29.2 Å². The molecule has 142 valence electrons. The van der Waals surface area contributed by atoms with Gasteiger partial charge in [-0.15, -0.1) is 0 Å². The van der Waals surface area contributed by atoms with Gasteiger partial charge in [0.25, 0.3) is 0 Å². The number of rotatable bonds is 3. The maximum absolute atomic E-state index is 11.6. The fourth-order valence-electron chi connectivity index (χ4n) is 4.05. The summed E-state index contributed by atoms with van der Waals surface area (Å²) in [6, 6.07) is 7.97. The number of carbonyl (C=O) groups excluding carboxylic acids is 1. The van der Waals surface area contributed by atoms with Gasteiger partial charge < -0.3 is 15.6 Å². The third-order valence-corrected chi connectivity index (χ3v) is 5.53. The molecule has 0 spiro atoms. The molecule has 1 fully saturated rings. The molecule has 4 aromatic rings. The molecule has 4 heterocycles. The number of carbonyl (C=O) groups is 1. The van der Waals surface area contributed by atoms with Crippen LogP contribution in [0.3, 0.4) is 0 Å². The topological polar surface area (TPSA) is 117 Å². The van der Waals surface area contributed by atoms with Gasteiger partial charge in [0.2, 0.25) is 5.91 Å². The molecule has 0 aliphatic carbocycles. The predicted octanol–water partition coefficient (Wildman–Crippen LogP) is 2.49. The lowest BCUT2D eigenvalue weighted by Crippen LogP contribution is -2.26. The summed E-state index contributed by atoms with van der Waals surface area (Å²) in [7, 11) is 0. The summed E-state index contributed by atoms with van der Waals surface area (Å²) >= 11 is 0. The highest BCUT2D eigenvalue weighted by molar-refractivity contribution is 6.07. The summed E-state index contributed by atoms with van der Waals surface area (Å²) < 4.78 is 0. The van der Waals surface area contributed by atoms with Crippen LogP contribution >= 0.6 is 0 Å². The Morgan fingerprint density at radius 3 is 2.96 bits per heavy atom. The minimum absolute atomic E-state index is 0.139. The number of nitrogen functional groups attached to an aromatic ring is 1. The molecule has 0 bridgehead atoms. The highest BCUT2D eigenvalue weighted by Gasteiger charge is 2.25. The molecule has 1 aromatic carbocycles. The number of fused-ring (bicyclic) bond motifs is 3. The summed E-state index contributed by atoms with van der Waals surface area (Å²) in [5, 5.41) is 7.93. The Morgan fingerprint density at radius 1 is 1.32 bits per heavy atom. The van der Waals surface area contributed by atoms with E-state index in [4.69, 9.17) is 10.7 Å². The molecule has 8 heteroatoms. The van der Waals surface area contributed by atoms with E-state index in [0.717, 1.165) is 64.9 Å². The first-order valence-electron chi connectivity index (χ1n) is 9.41. The van der Waals surface area contributed by atoms with Crippen LogP contribution in [-0.2, 0) is 11.2 Å². The first-order valence-corrected chi connectivity index (χ1v) is 9.41. The van der Waals surface area contributed by atoms with E-state index in [0.29, 0.717) is 11.7 Å². The van der Waals surface area contributed by atoms with E-state index < -0.39 is 0 Å². The van der Waals surface area contributed by atoms with Gasteiger partial charge in [0.05, 0.1) is 11.2 Å². The third kappa shape index (κ3) is 2.77. The smallest absolute Gasteiger partial charge is 0.219 e.